The zero-order valence-corrected chi connectivity index (χ0v) is 11.6. The van der Waals surface area contributed by atoms with Crippen LogP contribution in [-0.2, 0) is 9.47 Å². The lowest BCUT2D eigenvalue weighted by Crippen LogP contribution is -2.31. The van der Waals surface area contributed by atoms with Crippen LogP contribution in [0.25, 0.3) is 0 Å². The first-order valence-corrected chi connectivity index (χ1v) is 6.73. The Morgan fingerprint density at radius 1 is 1.28 bits per heavy atom. The van der Waals surface area contributed by atoms with Gasteiger partial charge in [-0.05, 0) is 38.0 Å². The fraction of sp³-hybridized carbons (Fsp3) is 0.923. The number of nitrogens with two attached hydrogens (primary N) is 1. The van der Waals surface area contributed by atoms with Crippen LogP contribution in [-0.4, -0.2) is 36.5 Å². The molecule has 0 saturated heterocycles. The van der Waals surface area contributed by atoms with E-state index in [4.69, 9.17) is 20.4 Å². The van der Waals surface area contributed by atoms with E-state index in [1.807, 2.05) is 0 Å². The van der Waals surface area contributed by atoms with Gasteiger partial charge in [0.2, 0.25) is 0 Å². The highest BCUT2D eigenvalue weighted by Crippen LogP contribution is 2.30. The SMILES string of the molecule is CC1CC(C)CC(OCCOC(C)C(N)=NO)C1. The minimum Gasteiger partial charge on any atom is -0.409 e. The van der Waals surface area contributed by atoms with Crippen molar-refractivity contribution in [1.29, 1.82) is 0 Å². The highest BCUT2D eigenvalue weighted by Gasteiger charge is 2.24. The number of amidine groups is 1. The second kappa shape index (κ2) is 7.59. The van der Waals surface area contributed by atoms with Gasteiger partial charge in [0.05, 0.1) is 19.3 Å². The van der Waals surface area contributed by atoms with E-state index in [0.29, 0.717) is 19.3 Å². The summed E-state index contributed by atoms with van der Waals surface area (Å²) in [6.45, 7) is 7.34. The Morgan fingerprint density at radius 2 is 1.89 bits per heavy atom. The van der Waals surface area contributed by atoms with Gasteiger partial charge in [0.1, 0.15) is 6.10 Å². The smallest absolute Gasteiger partial charge is 0.168 e. The second-order valence-electron chi connectivity index (χ2n) is 5.45. The summed E-state index contributed by atoms with van der Waals surface area (Å²) in [6.07, 6.45) is 3.56. The van der Waals surface area contributed by atoms with E-state index in [-0.39, 0.29) is 11.9 Å². The molecule has 0 amide bonds. The number of hydrogen-bond donors (Lipinski definition) is 2. The van der Waals surface area contributed by atoms with E-state index in [0.717, 1.165) is 24.7 Å². The zero-order chi connectivity index (χ0) is 13.5. The minimum atomic E-state index is -0.372. The average Bonchev–Trinajstić information content (AvgIpc) is 2.32. The molecule has 1 saturated carbocycles. The second-order valence-corrected chi connectivity index (χ2v) is 5.45. The zero-order valence-electron chi connectivity index (χ0n) is 11.6. The molecule has 0 aromatic carbocycles. The number of hydrogen-bond acceptors (Lipinski definition) is 4. The molecule has 3 N–H and O–H groups in total. The van der Waals surface area contributed by atoms with Crippen LogP contribution in [0.4, 0.5) is 0 Å². The molecule has 3 unspecified atom stereocenters. The fourth-order valence-electron chi connectivity index (χ4n) is 2.62. The molecule has 3 atom stereocenters. The first-order valence-electron chi connectivity index (χ1n) is 6.73. The predicted molar refractivity (Wildman–Crippen MR) is 70.7 cm³/mol. The first-order chi connectivity index (χ1) is 8.52. The van der Waals surface area contributed by atoms with Gasteiger partial charge in [0.15, 0.2) is 5.84 Å². The third kappa shape index (κ3) is 5.23. The van der Waals surface area contributed by atoms with Crippen LogP contribution in [0.5, 0.6) is 0 Å². The Morgan fingerprint density at radius 3 is 2.44 bits per heavy atom. The summed E-state index contributed by atoms with van der Waals surface area (Å²) < 4.78 is 11.2. The van der Waals surface area contributed by atoms with Crippen molar-refractivity contribution in [3.8, 4) is 0 Å². The minimum absolute atomic E-state index is 0.0925. The van der Waals surface area contributed by atoms with Gasteiger partial charge in [-0.3, -0.25) is 0 Å². The molecular formula is C13H26N2O3. The largest absolute Gasteiger partial charge is 0.409 e. The van der Waals surface area contributed by atoms with Crippen molar-refractivity contribution in [2.75, 3.05) is 13.2 Å². The van der Waals surface area contributed by atoms with Crippen LogP contribution < -0.4 is 5.73 Å². The molecule has 5 nitrogen and oxygen atoms in total. The van der Waals surface area contributed by atoms with Crippen molar-refractivity contribution in [2.45, 2.75) is 52.2 Å². The average molecular weight is 258 g/mol. The van der Waals surface area contributed by atoms with Gasteiger partial charge in [-0.25, -0.2) is 0 Å². The topological polar surface area (TPSA) is 77.1 Å². The Hall–Kier alpha value is -0.810. The predicted octanol–water partition coefficient (Wildman–Crippen LogP) is 1.98. The van der Waals surface area contributed by atoms with E-state index >= 15 is 0 Å². The molecule has 0 bridgehead atoms. The lowest BCUT2D eigenvalue weighted by molar-refractivity contribution is -0.0326. The molecule has 1 aliphatic carbocycles. The molecule has 0 aliphatic heterocycles. The Kier molecular flexibility index (Phi) is 6.43. The molecule has 0 aromatic rings. The highest BCUT2D eigenvalue weighted by molar-refractivity contribution is 5.83. The normalized spacial score (nSPS) is 31.3. The van der Waals surface area contributed by atoms with E-state index < -0.39 is 0 Å². The van der Waals surface area contributed by atoms with E-state index in [2.05, 4.69) is 19.0 Å². The first kappa shape index (κ1) is 15.2. The lowest BCUT2D eigenvalue weighted by Gasteiger charge is -2.31. The molecule has 1 fully saturated rings. The summed E-state index contributed by atoms with van der Waals surface area (Å²) in [7, 11) is 0. The standard InChI is InChI=1S/C13H26N2O3/c1-9-6-10(2)8-12(7-9)18-5-4-17-11(3)13(14)15-16/h9-12,16H,4-8H2,1-3H3,(H2,14,15). The van der Waals surface area contributed by atoms with Crippen molar-refractivity contribution in [3.05, 3.63) is 0 Å². The van der Waals surface area contributed by atoms with Crippen molar-refractivity contribution >= 4 is 5.84 Å². The maximum atomic E-state index is 8.48. The number of oxime groups is 1. The van der Waals surface area contributed by atoms with Crippen LogP contribution in [0.2, 0.25) is 0 Å². The molecule has 0 aromatic heterocycles. The fourth-order valence-corrected chi connectivity index (χ4v) is 2.62. The van der Waals surface area contributed by atoms with Gasteiger partial charge in [-0.2, -0.15) is 0 Å². The quantitative estimate of drug-likeness (QED) is 0.251. The van der Waals surface area contributed by atoms with Crippen LogP contribution in [0, 0.1) is 11.8 Å². The monoisotopic (exact) mass is 258 g/mol. The number of rotatable bonds is 6. The lowest BCUT2D eigenvalue weighted by atomic mass is 9.82. The summed E-state index contributed by atoms with van der Waals surface area (Å²) >= 11 is 0. The molecular weight excluding hydrogens is 232 g/mol. The Labute approximate surface area is 109 Å². The summed E-state index contributed by atoms with van der Waals surface area (Å²) in [6, 6.07) is 0. The van der Waals surface area contributed by atoms with Gasteiger partial charge >= 0.3 is 0 Å². The van der Waals surface area contributed by atoms with Gasteiger partial charge in [-0.1, -0.05) is 19.0 Å². The molecule has 1 rings (SSSR count). The molecule has 5 heteroatoms. The Bertz CT molecular complexity index is 261. The molecule has 1 aliphatic rings. The van der Waals surface area contributed by atoms with Gasteiger partial charge in [0.25, 0.3) is 0 Å². The summed E-state index contributed by atoms with van der Waals surface area (Å²) in [5.74, 6) is 1.58. The summed E-state index contributed by atoms with van der Waals surface area (Å²) in [5, 5.41) is 11.4. The van der Waals surface area contributed by atoms with Gasteiger partial charge < -0.3 is 20.4 Å². The molecule has 18 heavy (non-hydrogen) atoms. The van der Waals surface area contributed by atoms with Crippen LogP contribution in [0.15, 0.2) is 5.16 Å². The van der Waals surface area contributed by atoms with Crippen molar-refractivity contribution in [3.63, 3.8) is 0 Å². The van der Waals surface area contributed by atoms with E-state index in [1.54, 1.807) is 6.92 Å². The van der Waals surface area contributed by atoms with Gasteiger partial charge in [0, 0.05) is 0 Å². The maximum absolute atomic E-state index is 8.48. The van der Waals surface area contributed by atoms with Crippen molar-refractivity contribution < 1.29 is 14.7 Å². The highest BCUT2D eigenvalue weighted by atomic mass is 16.5. The third-order valence-corrected chi connectivity index (χ3v) is 3.47. The van der Waals surface area contributed by atoms with Crippen molar-refractivity contribution in [2.24, 2.45) is 22.7 Å². The summed E-state index contributed by atoms with van der Waals surface area (Å²) in [5.41, 5.74) is 5.41. The van der Waals surface area contributed by atoms with E-state index in [9.17, 15) is 0 Å². The van der Waals surface area contributed by atoms with Crippen LogP contribution in [0.3, 0.4) is 0 Å². The Balaban J connectivity index is 2.14. The maximum Gasteiger partial charge on any atom is 0.168 e. The van der Waals surface area contributed by atoms with Crippen molar-refractivity contribution in [1.82, 2.24) is 0 Å². The number of ether oxygens (including phenoxy) is 2. The molecule has 0 spiro atoms. The molecule has 0 heterocycles. The summed E-state index contributed by atoms with van der Waals surface area (Å²) in [4.78, 5) is 0. The third-order valence-electron chi connectivity index (χ3n) is 3.47. The van der Waals surface area contributed by atoms with E-state index in [1.165, 1.54) is 6.42 Å². The van der Waals surface area contributed by atoms with Crippen LogP contribution in [0.1, 0.15) is 40.0 Å². The van der Waals surface area contributed by atoms with Crippen LogP contribution >= 0.6 is 0 Å². The molecule has 0 radical (unpaired) electrons. The van der Waals surface area contributed by atoms with Gasteiger partial charge in [-0.15, -0.1) is 0 Å². The number of nitrogens with zero attached hydrogens (tertiary/aromatic N) is 1. The molecule has 106 valence electrons.